The molecule has 0 fully saturated rings. The molecule has 0 saturated heterocycles. The van der Waals surface area contributed by atoms with E-state index in [1.54, 1.807) is 6.08 Å². The minimum absolute atomic E-state index is 0.00620. The molecule has 0 atom stereocenters. The molecule has 0 unspecified atom stereocenters. The molecule has 19 heavy (non-hydrogen) atoms. The van der Waals surface area contributed by atoms with E-state index in [0.717, 1.165) is 0 Å². The first kappa shape index (κ1) is 14.7. The van der Waals surface area contributed by atoms with Gasteiger partial charge in [0.2, 0.25) is 0 Å². The number of nitro benzene ring substituents is 1. The molecular formula is C13H15NO5. The van der Waals surface area contributed by atoms with Gasteiger partial charge < -0.3 is 9.47 Å². The first-order chi connectivity index (χ1) is 9.08. The molecule has 6 heteroatoms. The quantitative estimate of drug-likeness (QED) is 0.341. The van der Waals surface area contributed by atoms with E-state index >= 15 is 0 Å². The molecule has 0 amide bonds. The summed E-state index contributed by atoms with van der Waals surface area (Å²) in [6.45, 7) is 2.05. The maximum atomic E-state index is 11.3. The summed E-state index contributed by atoms with van der Waals surface area (Å²) >= 11 is 0. The van der Waals surface area contributed by atoms with Gasteiger partial charge in [0.05, 0.1) is 12.0 Å². The van der Waals surface area contributed by atoms with Crippen LogP contribution in [0.3, 0.4) is 0 Å². The van der Waals surface area contributed by atoms with Crippen LogP contribution in [0.15, 0.2) is 35.9 Å². The Labute approximate surface area is 110 Å². The predicted molar refractivity (Wildman–Crippen MR) is 69.0 cm³/mol. The fourth-order valence-electron chi connectivity index (χ4n) is 1.41. The zero-order valence-electron chi connectivity index (χ0n) is 10.8. The second-order valence-corrected chi connectivity index (χ2v) is 3.64. The van der Waals surface area contributed by atoms with Gasteiger partial charge in [-0.15, -0.1) is 0 Å². The van der Waals surface area contributed by atoms with Gasteiger partial charge in [-0.25, -0.2) is 4.79 Å². The molecule has 0 aliphatic heterocycles. The predicted octanol–water partition coefficient (Wildman–Crippen LogP) is 2.48. The number of ether oxygens (including phenoxy) is 2. The number of hydrogen-bond acceptors (Lipinski definition) is 5. The summed E-state index contributed by atoms with van der Waals surface area (Å²) < 4.78 is 9.97. The number of rotatable bonds is 6. The highest BCUT2D eigenvalue weighted by Crippen LogP contribution is 2.17. The van der Waals surface area contributed by atoms with Gasteiger partial charge in [-0.3, -0.25) is 10.1 Å². The van der Waals surface area contributed by atoms with Crippen LogP contribution in [0.1, 0.15) is 13.3 Å². The number of esters is 1. The van der Waals surface area contributed by atoms with Gasteiger partial charge in [0.15, 0.2) is 0 Å². The Morgan fingerprint density at radius 2 is 2.00 bits per heavy atom. The Bertz CT molecular complexity index is 478. The molecule has 102 valence electrons. The Morgan fingerprint density at radius 1 is 1.37 bits per heavy atom. The molecule has 1 rings (SSSR count). The monoisotopic (exact) mass is 265 g/mol. The van der Waals surface area contributed by atoms with E-state index in [1.165, 1.54) is 31.4 Å². The molecule has 0 bridgehead atoms. The zero-order valence-corrected chi connectivity index (χ0v) is 10.8. The summed E-state index contributed by atoms with van der Waals surface area (Å²) in [5, 5.41) is 10.5. The summed E-state index contributed by atoms with van der Waals surface area (Å²) in [7, 11) is 1.32. The summed E-state index contributed by atoms with van der Waals surface area (Å²) in [6.07, 6.45) is 2.18. The van der Waals surface area contributed by atoms with Crippen molar-refractivity contribution in [2.24, 2.45) is 0 Å². The SMILES string of the molecule is CCC(=CCOc1ccc([N+](=O)[O-])cc1)C(=O)OC. The molecule has 0 spiro atoms. The third-order valence-electron chi connectivity index (χ3n) is 2.46. The number of hydrogen-bond donors (Lipinski definition) is 0. The van der Waals surface area contributed by atoms with Gasteiger partial charge in [0.1, 0.15) is 12.4 Å². The zero-order chi connectivity index (χ0) is 14.3. The first-order valence-corrected chi connectivity index (χ1v) is 5.73. The molecule has 1 aromatic rings. The second-order valence-electron chi connectivity index (χ2n) is 3.64. The third-order valence-corrected chi connectivity index (χ3v) is 2.46. The molecule has 0 aliphatic carbocycles. The number of nitrogens with zero attached hydrogens (tertiary/aromatic N) is 1. The van der Waals surface area contributed by atoms with Crippen molar-refractivity contribution in [2.75, 3.05) is 13.7 Å². The van der Waals surface area contributed by atoms with Crippen molar-refractivity contribution < 1.29 is 19.2 Å². The number of non-ortho nitro benzene ring substituents is 1. The second kappa shape index (κ2) is 7.15. The van der Waals surface area contributed by atoms with Crippen molar-refractivity contribution >= 4 is 11.7 Å². The van der Waals surface area contributed by atoms with Crippen molar-refractivity contribution in [1.82, 2.24) is 0 Å². The van der Waals surface area contributed by atoms with Crippen LogP contribution in [-0.2, 0) is 9.53 Å². The van der Waals surface area contributed by atoms with Crippen LogP contribution in [0.4, 0.5) is 5.69 Å². The van der Waals surface area contributed by atoms with E-state index in [1.807, 2.05) is 6.92 Å². The lowest BCUT2D eigenvalue weighted by atomic mass is 10.2. The number of carbonyl (C=O) groups excluding carboxylic acids is 1. The first-order valence-electron chi connectivity index (χ1n) is 5.73. The van der Waals surface area contributed by atoms with E-state index in [9.17, 15) is 14.9 Å². The van der Waals surface area contributed by atoms with Crippen molar-refractivity contribution in [2.45, 2.75) is 13.3 Å². The van der Waals surface area contributed by atoms with Crippen molar-refractivity contribution in [3.63, 3.8) is 0 Å². The lowest BCUT2D eigenvalue weighted by Gasteiger charge is -2.05. The van der Waals surface area contributed by atoms with E-state index < -0.39 is 4.92 Å². The van der Waals surface area contributed by atoms with E-state index in [2.05, 4.69) is 4.74 Å². The van der Waals surface area contributed by atoms with Gasteiger partial charge in [0.25, 0.3) is 5.69 Å². The van der Waals surface area contributed by atoms with Crippen LogP contribution in [-0.4, -0.2) is 24.6 Å². The molecule has 0 saturated carbocycles. The van der Waals surface area contributed by atoms with E-state index in [-0.39, 0.29) is 18.3 Å². The molecular weight excluding hydrogens is 250 g/mol. The molecule has 0 radical (unpaired) electrons. The van der Waals surface area contributed by atoms with Crippen LogP contribution >= 0.6 is 0 Å². The number of nitro groups is 1. The highest BCUT2D eigenvalue weighted by molar-refractivity contribution is 5.88. The number of carbonyl (C=O) groups is 1. The molecule has 0 N–H and O–H groups in total. The lowest BCUT2D eigenvalue weighted by molar-refractivity contribution is -0.384. The van der Waals surface area contributed by atoms with Gasteiger partial charge in [0, 0.05) is 17.7 Å². The molecule has 0 aromatic heterocycles. The van der Waals surface area contributed by atoms with Crippen molar-refractivity contribution in [1.29, 1.82) is 0 Å². The topological polar surface area (TPSA) is 78.7 Å². The van der Waals surface area contributed by atoms with Crippen LogP contribution in [0, 0.1) is 10.1 Å². The smallest absolute Gasteiger partial charge is 0.333 e. The molecule has 0 heterocycles. The van der Waals surface area contributed by atoms with Crippen LogP contribution in [0.5, 0.6) is 5.75 Å². The van der Waals surface area contributed by atoms with Gasteiger partial charge in [-0.1, -0.05) is 6.92 Å². The molecule has 0 aliphatic rings. The van der Waals surface area contributed by atoms with Crippen LogP contribution in [0.25, 0.3) is 0 Å². The number of methoxy groups -OCH3 is 1. The van der Waals surface area contributed by atoms with E-state index in [4.69, 9.17) is 4.74 Å². The Balaban J connectivity index is 2.59. The van der Waals surface area contributed by atoms with Crippen molar-refractivity contribution in [3.05, 3.63) is 46.0 Å². The average molecular weight is 265 g/mol. The maximum absolute atomic E-state index is 11.3. The third kappa shape index (κ3) is 4.42. The van der Waals surface area contributed by atoms with Crippen LogP contribution in [0.2, 0.25) is 0 Å². The summed E-state index contributed by atoms with van der Waals surface area (Å²) in [4.78, 5) is 21.3. The van der Waals surface area contributed by atoms with Gasteiger partial charge >= 0.3 is 5.97 Å². The highest BCUT2D eigenvalue weighted by atomic mass is 16.6. The highest BCUT2D eigenvalue weighted by Gasteiger charge is 2.07. The molecule has 6 nitrogen and oxygen atoms in total. The largest absolute Gasteiger partial charge is 0.490 e. The lowest BCUT2D eigenvalue weighted by Crippen LogP contribution is -2.06. The number of benzene rings is 1. The van der Waals surface area contributed by atoms with Gasteiger partial charge in [-0.2, -0.15) is 0 Å². The maximum Gasteiger partial charge on any atom is 0.333 e. The summed E-state index contributed by atoms with van der Waals surface area (Å²) in [5.41, 5.74) is 0.538. The molecule has 1 aromatic carbocycles. The standard InChI is InChI=1S/C13H15NO5/c1-3-10(13(15)18-2)8-9-19-12-6-4-11(5-7-12)14(16)17/h4-8H,3,9H2,1-2H3. The minimum atomic E-state index is -0.476. The average Bonchev–Trinajstić information content (AvgIpc) is 2.43. The van der Waals surface area contributed by atoms with Gasteiger partial charge in [-0.05, 0) is 24.6 Å². The Kier molecular flexibility index (Phi) is 5.53. The fraction of sp³-hybridized carbons (Fsp3) is 0.308. The Morgan fingerprint density at radius 3 is 2.47 bits per heavy atom. The summed E-state index contributed by atoms with van der Waals surface area (Å²) in [5.74, 6) is 0.122. The van der Waals surface area contributed by atoms with Crippen LogP contribution < -0.4 is 4.74 Å². The fourth-order valence-corrected chi connectivity index (χ4v) is 1.41. The van der Waals surface area contributed by atoms with E-state index in [0.29, 0.717) is 17.7 Å². The summed E-state index contributed by atoms with van der Waals surface area (Å²) in [6, 6.07) is 5.74. The minimum Gasteiger partial charge on any atom is -0.490 e. The normalized spacial score (nSPS) is 10.9. The Hall–Kier alpha value is -2.37. The van der Waals surface area contributed by atoms with Crippen molar-refractivity contribution in [3.8, 4) is 5.75 Å².